The van der Waals surface area contributed by atoms with E-state index in [4.69, 9.17) is 4.74 Å². The Kier molecular flexibility index (Phi) is 3.52. The second-order valence-corrected chi connectivity index (χ2v) is 5.74. The highest BCUT2D eigenvalue weighted by atomic mass is 16.5. The number of ether oxygens (including phenoxy) is 1. The summed E-state index contributed by atoms with van der Waals surface area (Å²) in [6.07, 6.45) is 2.11. The highest BCUT2D eigenvalue weighted by molar-refractivity contribution is 5.51. The van der Waals surface area contributed by atoms with E-state index in [0.717, 1.165) is 25.2 Å². The van der Waals surface area contributed by atoms with Gasteiger partial charge in [0.05, 0.1) is 6.61 Å². The van der Waals surface area contributed by atoms with Gasteiger partial charge in [-0.2, -0.15) is 0 Å². The van der Waals surface area contributed by atoms with Crippen molar-refractivity contribution in [2.75, 3.05) is 6.61 Å². The summed E-state index contributed by atoms with van der Waals surface area (Å²) in [5, 5.41) is 0. The number of hydrogen-bond acceptors (Lipinski definition) is 1. The molecular weight excluding hydrogens is 244 g/mol. The largest absolute Gasteiger partial charge is 0.493 e. The quantitative estimate of drug-likeness (QED) is 0.760. The van der Waals surface area contributed by atoms with E-state index in [-0.39, 0.29) is 0 Å². The fourth-order valence-electron chi connectivity index (χ4n) is 3.31. The van der Waals surface area contributed by atoms with Crippen molar-refractivity contribution >= 4 is 0 Å². The van der Waals surface area contributed by atoms with Crippen LogP contribution in [-0.2, 0) is 6.42 Å². The summed E-state index contributed by atoms with van der Waals surface area (Å²) in [4.78, 5) is 0. The molecule has 0 N–H and O–H groups in total. The number of aryl methyl sites for hydroxylation is 3. The van der Waals surface area contributed by atoms with Gasteiger partial charge in [-0.05, 0) is 43.4 Å². The molecule has 1 aliphatic rings. The Labute approximate surface area is 121 Å². The molecule has 0 saturated heterocycles. The Balaban J connectivity index is 2.15. The van der Waals surface area contributed by atoms with Crippen LogP contribution in [-0.4, -0.2) is 6.61 Å². The molecule has 1 nitrogen and oxygen atoms in total. The van der Waals surface area contributed by atoms with E-state index in [9.17, 15) is 0 Å². The van der Waals surface area contributed by atoms with Crippen LogP contribution in [0.4, 0.5) is 0 Å². The average Bonchev–Trinajstić information content (AvgIpc) is 2.46. The third-order valence-corrected chi connectivity index (χ3v) is 4.31. The SMILES string of the molecule is CCc1cc(C)cc2c1OCCC2c1ccccc1C. The van der Waals surface area contributed by atoms with Crippen LogP contribution in [0.2, 0.25) is 0 Å². The normalized spacial score (nSPS) is 17.4. The predicted octanol–water partition coefficient (Wildman–Crippen LogP) is 4.78. The monoisotopic (exact) mass is 266 g/mol. The smallest absolute Gasteiger partial charge is 0.126 e. The van der Waals surface area contributed by atoms with E-state index in [1.54, 1.807) is 0 Å². The zero-order chi connectivity index (χ0) is 14.1. The Hall–Kier alpha value is -1.76. The van der Waals surface area contributed by atoms with E-state index < -0.39 is 0 Å². The molecule has 0 fully saturated rings. The van der Waals surface area contributed by atoms with Crippen molar-refractivity contribution in [2.24, 2.45) is 0 Å². The van der Waals surface area contributed by atoms with E-state index >= 15 is 0 Å². The average molecular weight is 266 g/mol. The molecule has 0 saturated carbocycles. The van der Waals surface area contributed by atoms with Gasteiger partial charge in [0, 0.05) is 11.5 Å². The minimum absolute atomic E-state index is 0.477. The van der Waals surface area contributed by atoms with Gasteiger partial charge in [0.25, 0.3) is 0 Å². The number of fused-ring (bicyclic) bond motifs is 1. The molecular formula is C19H22O. The topological polar surface area (TPSA) is 9.23 Å². The Morgan fingerprint density at radius 2 is 1.90 bits per heavy atom. The van der Waals surface area contributed by atoms with E-state index in [0.29, 0.717) is 5.92 Å². The first-order valence-electron chi connectivity index (χ1n) is 7.52. The molecule has 0 amide bonds. The first kappa shape index (κ1) is 13.2. The molecule has 2 aromatic carbocycles. The molecule has 0 radical (unpaired) electrons. The highest BCUT2D eigenvalue weighted by Gasteiger charge is 2.26. The first-order valence-corrected chi connectivity index (χ1v) is 7.52. The second-order valence-electron chi connectivity index (χ2n) is 5.74. The van der Waals surface area contributed by atoms with Gasteiger partial charge >= 0.3 is 0 Å². The van der Waals surface area contributed by atoms with Crippen LogP contribution in [0.5, 0.6) is 5.75 Å². The summed E-state index contributed by atoms with van der Waals surface area (Å²) < 4.78 is 5.99. The lowest BCUT2D eigenvalue weighted by atomic mass is 9.82. The Morgan fingerprint density at radius 3 is 2.65 bits per heavy atom. The van der Waals surface area contributed by atoms with Crippen molar-refractivity contribution in [3.63, 3.8) is 0 Å². The van der Waals surface area contributed by atoms with Crippen LogP contribution < -0.4 is 4.74 Å². The van der Waals surface area contributed by atoms with Gasteiger partial charge in [0.1, 0.15) is 5.75 Å². The van der Waals surface area contributed by atoms with Gasteiger partial charge in [-0.15, -0.1) is 0 Å². The first-order chi connectivity index (χ1) is 9.70. The van der Waals surface area contributed by atoms with E-state index in [1.165, 1.54) is 27.8 Å². The minimum Gasteiger partial charge on any atom is -0.493 e. The van der Waals surface area contributed by atoms with Gasteiger partial charge < -0.3 is 4.74 Å². The van der Waals surface area contributed by atoms with Crippen molar-refractivity contribution in [1.29, 1.82) is 0 Å². The van der Waals surface area contributed by atoms with E-state index in [1.807, 2.05) is 0 Å². The fourth-order valence-corrected chi connectivity index (χ4v) is 3.31. The van der Waals surface area contributed by atoms with Crippen molar-refractivity contribution in [3.8, 4) is 5.75 Å². The van der Waals surface area contributed by atoms with Gasteiger partial charge in [0.2, 0.25) is 0 Å². The maximum atomic E-state index is 5.99. The van der Waals surface area contributed by atoms with Crippen molar-refractivity contribution in [3.05, 3.63) is 64.2 Å². The lowest BCUT2D eigenvalue weighted by molar-refractivity contribution is 0.274. The van der Waals surface area contributed by atoms with Crippen LogP contribution in [0.1, 0.15) is 47.1 Å². The maximum absolute atomic E-state index is 5.99. The standard InChI is InChI=1S/C19H22O/c1-4-15-11-13(2)12-18-17(9-10-20-19(15)18)16-8-6-5-7-14(16)3/h5-8,11-12,17H,4,9-10H2,1-3H3. The van der Waals surface area contributed by atoms with E-state index in [2.05, 4.69) is 57.2 Å². The summed E-state index contributed by atoms with van der Waals surface area (Å²) in [5.41, 5.74) is 6.89. The number of hydrogen-bond donors (Lipinski definition) is 0. The Morgan fingerprint density at radius 1 is 1.10 bits per heavy atom. The summed E-state index contributed by atoms with van der Waals surface area (Å²) >= 11 is 0. The molecule has 1 atom stereocenters. The molecule has 20 heavy (non-hydrogen) atoms. The molecule has 104 valence electrons. The van der Waals surface area contributed by atoms with Crippen LogP contribution >= 0.6 is 0 Å². The third kappa shape index (κ3) is 2.22. The van der Waals surface area contributed by atoms with Crippen molar-refractivity contribution in [1.82, 2.24) is 0 Å². The van der Waals surface area contributed by atoms with Crippen LogP contribution in [0.15, 0.2) is 36.4 Å². The summed E-state index contributed by atoms with van der Waals surface area (Å²) in [5.74, 6) is 1.61. The van der Waals surface area contributed by atoms with Crippen LogP contribution in [0.3, 0.4) is 0 Å². The Bertz CT molecular complexity index is 628. The minimum atomic E-state index is 0.477. The summed E-state index contributed by atoms with van der Waals surface area (Å²) in [6.45, 7) is 7.42. The van der Waals surface area contributed by atoms with Gasteiger partial charge in [-0.25, -0.2) is 0 Å². The molecule has 3 rings (SSSR count). The zero-order valence-electron chi connectivity index (χ0n) is 12.6. The molecule has 1 aliphatic heterocycles. The van der Waals surface area contributed by atoms with Gasteiger partial charge in [-0.3, -0.25) is 0 Å². The molecule has 1 unspecified atom stereocenters. The summed E-state index contributed by atoms with van der Waals surface area (Å²) in [6, 6.07) is 13.3. The highest BCUT2D eigenvalue weighted by Crippen LogP contribution is 2.41. The molecule has 1 heteroatoms. The maximum Gasteiger partial charge on any atom is 0.126 e. The zero-order valence-corrected chi connectivity index (χ0v) is 12.6. The lowest BCUT2D eigenvalue weighted by Crippen LogP contribution is -2.17. The number of benzene rings is 2. The molecule has 0 spiro atoms. The molecule has 2 aromatic rings. The predicted molar refractivity (Wildman–Crippen MR) is 83.7 cm³/mol. The van der Waals surface area contributed by atoms with Gasteiger partial charge in [-0.1, -0.05) is 48.9 Å². The third-order valence-electron chi connectivity index (χ3n) is 4.31. The molecule has 1 heterocycles. The van der Waals surface area contributed by atoms with Gasteiger partial charge in [0.15, 0.2) is 0 Å². The molecule has 0 aromatic heterocycles. The molecule has 0 bridgehead atoms. The van der Waals surface area contributed by atoms with Crippen molar-refractivity contribution < 1.29 is 4.74 Å². The van der Waals surface area contributed by atoms with Crippen LogP contribution in [0.25, 0.3) is 0 Å². The molecule has 0 aliphatic carbocycles. The van der Waals surface area contributed by atoms with Crippen LogP contribution in [0, 0.1) is 13.8 Å². The van der Waals surface area contributed by atoms with Crippen molar-refractivity contribution in [2.45, 2.75) is 39.5 Å². The second kappa shape index (κ2) is 5.32. The number of rotatable bonds is 2. The summed E-state index contributed by atoms with van der Waals surface area (Å²) in [7, 11) is 0. The fraction of sp³-hybridized carbons (Fsp3) is 0.368. The lowest BCUT2D eigenvalue weighted by Gasteiger charge is -2.29.